The van der Waals surface area contributed by atoms with Gasteiger partial charge in [0.2, 0.25) is 0 Å². The number of alkyl halides is 3. The van der Waals surface area contributed by atoms with Crippen molar-refractivity contribution in [2.75, 3.05) is 0 Å². The van der Waals surface area contributed by atoms with Gasteiger partial charge in [-0.3, -0.25) is 4.98 Å². The number of aromatic nitrogens is 1. The molecular weight excluding hydrogens is 227 g/mol. The molecule has 4 heteroatoms. The van der Waals surface area contributed by atoms with Gasteiger partial charge in [0.05, 0.1) is 5.56 Å². The van der Waals surface area contributed by atoms with Crippen molar-refractivity contribution in [1.29, 1.82) is 0 Å². The van der Waals surface area contributed by atoms with Gasteiger partial charge in [0, 0.05) is 12.4 Å². The highest BCUT2D eigenvalue weighted by Gasteiger charge is 2.32. The lowest BCUT2D eigenvalue weighted by Gasteiger charge is -2.11. The third kappa shape index (κ3) is 2.46. The highest BCUT2D eigenvalue weighted by molar-refractivity contribution is 5.63. The first kappa shape index (κ1) is 11.6. The highest BCUT2D eigenvalue weighted by Crippen LogP contribution is 2.33. The van der Waals surface area contributed by atoms with E-state index >= 15 is 0 Å². The molecule has 0 aliphatic rings. The number of rotatable bonds is 1. The van der Waals surface area contributed by atoms with E-state index in [2.05, 4.69) is 4.98 Å². The fraction of sp³-hybridized carbons (Fsp3) is 0.154. The molecule has 0 N–H and O–H groups in total. The van der Waals surface area contributed by atoms with E-state index in [1.54, 1.807) is 18.5 Å². The Hall–Kier alpha value is -1.84. The molecule has 0 bridgehead atoms. The number of hydrogen-bond acceptors (Lipinski definition) is 1. The summed E-state index contributed by atoms with van der Waals surface area (Å²) in [6.45, 7) is 1.46. The van der Waals surface area contributed by atoms with Gasteiger partial charge >= 0.3 is 6.18 Å². The third-order valence-corrected chi connectivity index (χ3v) is 2.53. The number of halogens is 3. The fourth-order valence-electron chi connectivity index (χ4n) is 1.69. The molecule has 1 aromatic carbocycles. The molecule has 1 nitrogen and oxygen atoms in total. The van der Waals surface area contributed by atoms with Crippen LogP contribution in [0.2, 0.25) is 0 Å². The Kier molecular flexibility index (Phi) is 2.88. The average Bonchev–Trinajstić information content (AvgIpc) is 2.28. The first-order valence-corrected chi connectivity index (χ1v) is 5.07. The summed E-state index contributed by atoms with van der Waals surface area (Å²) < 4.78 is 37.7. The summed E-state index contributed by atoms with van der Waals surface area (Å²) in [5, 5.41) is 0. The SMILES string of the molecule is Cc1cc(-c2cccnc2)ccc1C(F)(F)F. The molecule has 0 unspecified atom stereocenters. The molecule has 1 aromatic heterocycles. The van der Waals surface area contributed by atoms with Gasteiger partial charge in [-0.2, -0.15) is 13.2 Å². The van der Waals surface area contributed by atoms with E-state index in [4.69, 9.17) is 0 Å². The minimum atomic E-state index is -4.29. The van der Waals surface area contributed by atoms with Crippen LogP contribution in [0.4, 0.5) is 13.2 Å². The topological polar surface area (TPSA) is 12.9 Å². The summed E-state index contributed by atoms with van der Waals surface area (Å²) in [5.41, 5.74) is 1.18. The second kappa shape index (κ2) is 4.20. The molecule has 0 amide bonds. The van der Waals surface area contributed by atoms with Crippen molar-refractivity contribution < 1.29 is 13.2 Å². The Morgan fingerprint density at radius 1 is 1.06 bits per heavy atom. The van der Waals surface area contributed by atoms with Gasteiger partial charge in [-0.25, -0.2) is 0 Å². The quantitative estimate of drug-likeness (QED) is 0.728. The van der Waals surface area contributed by atoms with Gasteiger partial charge in [-0.15, -0.1) is 0 Å². The molecule has 1 heterocycles. The number of pyridine rings is 1. The normalized spacial score (nSPS) is 11.5. The lowest BCUT2D eigenvalue weighted by Crippen LogP contribution is -2.07. The van der Waals surface area contributed by atoms with Crippen LogP contribution in [0.25, 0.3) is 11.1 Å². The zero-order valence-electron chi connectivity index (χ0n) is 9.12. The third-order valence-electron chi connectivity index (χ3n) is 2.53. The predicted octanol–water partition coefficient (Wildman–Crippen LogP) is 4.08. The highest BCUT2D eigenvalue weighted by atomic mass is 19.4. The Bertz CT molecular complexity index is 518. The zero-order valence-corrected chi connectivity index (χ0v) is 9.12. The molecule has 0 atom stereocenters. The van der Waals surface area contributed by atoms with Crippen LogP contribution < -0.4 is 0 Å². The summed E-state index contributed by atoms with van der Waals surface area (Å²) in [4.78, 5) is 3.94. The number of nitrogens with zero attached hydrogens (tertiary/aromatic N) is 1. The largest absolute Gasteiger partial charge is 0.416 e. The second-order valence-corrected chi connectivity index (χ2v) is 3.77. The van der Waals surface area contributed by atoms with Crippen LogP contribution in [0, 0.1) is 6.92 Å². The number of hydrogen-bond donors (Lipinski definition) is 0. The predicted molar refractivity (Wildman–Crippen MR) is 59.4 cm³/mol. The van der Waals surface area contributed by atoms with E-state index < -0.39 is 11.7 Å². The Morgan fingerprint density at radius 2 is 1.82 bits per heavy atom. The van der Waals surface area contributed by atoms with Crippen LogP contribution in [0.3, 0.4) is 0 Å². The van der Waals surface area contributed by atoms with E-state index in [1.165, 1.54) is 19.1 Å². The zero-order chi connectivity index (χ0) is 12.5. The average molecular weight is 237 g/mol. The number of aryl methyl sites for hydroxylation is 1. The lowest BCUT2D eigenvalue weighted by atomic mass is 10.0. The monoisotopic (exact) mass is 237 g/mol. The van der Waals surface area contributed by atoms with Gasteiger partial charge in [0.15, 0.2) is 0 Å². The minimum absolute atomic E-state index is 0.221. The minimum Gasteiger partial charge on any atom is -0.264 e. The lowest BCUT2D eigenvalue weighted by molar-refractivity contribution is -0.138. The summed E-state index contributed by atoms with van der Waals surface area (Å²) >= 11 is 0. The van der Waals surface area contributed by atoms with Gasteiger partial charge in [-0.1, -0.05) is 18.2 Å². The first-order valence-electron chi connectivity index (χ1n) is 5.07. The van der Waals surface area contributed by atoms with Crippen molar-refractivity contribution in [3.05, 3.63) is 53.9 Å². The molecule has 0 saturated carbocycles. The van der Waals surface area contributed by atoms with Gasteiger partial charge < -0.3 is 0 Å². The summed E-state index contributed by atoms with van der Waals surface area (Å²) in [7, 11) is 0. The molecule has 17 heavy (non-hydrogen) atoms. The van der Waals surface area contributed by atoms with Crippen molar-refractivity contribution in [3.63, 3.8) is 0 Å². The van der Waals surface area contributed by atoms with E-state index in [-0.39, 0.29) is 5.56 Å². The second-order valence-electron chi connectivity index (χ2n) is 3.77. The maximum absolute atomic E-state index is 12.6. The molecule has 2 rings (SSSR count). The van der Waals surface area contributed by atoms with Crippen LogP contribution in [-0.4, -0.2) is 4.98 Å². The van der Waals surface area contributed by atoms with Crippen LogP contribution in [0.5, 0.6) is 0 Å². The molecule has 0 aliphatic carbocycles. The van der Waals surface area contributed by atoms with Crippen LogP contribution in [-0.2, 0) is 6.18 Å². The molecule has 0 aliphatic heterocycles. The number of benzene rings is 1. The van der Waals surface area contributed by atoms with E-state index in [1.807, 2.05) is 6.07 Å². The smallest absolute Gasteiger partial charge is 0.264 e. The molecule has 0 fully saturated rings. The van der Waals surface area contributed by atoms with E-state index in [0.29, 0.717) is 0 Å². The van der Waals surface area contributed by atoms with Crippen LogP contribution in [0.1, 0.15) is 11.1 Å². The van der Waals surface area contributed by atoms with Crippen LogP contribution in [0.15, 0.2) is 42.7 Å². The summed E-state index contributed by atoms with van der Waals surface area (Å²) in [5.74, 6) is 0. The van der Waals surface area contributed by atoms with Crippen molar-refractivity contribution in [2.45, 2.75) is 13.1 Å². The maximum Gasteiger partial charge on any atom is 0.416 e. The van der Waals surface area contributed by atoms with E-state index in [0.717, 1.165) is 17.2 Å². The molecule has 88 valence electrons. The Labute approximate surface area is 96.9 Å². The molecule has 0 spiro atoms. The van der Waals surface area contributed by atoms with Gasteiger partial charge in [0.1, 0.15) is 0 Å². The molecule has 0 radical (unpaired) electrons. The molecule has 0 saturated heterocycles. The summed E-state index contributed by atoms with van der Waals surface area (Å²) in [6, 6.07) is 7.67. The maximum atomic E-state index is 12.6. The Morgan fingerprint density at radius 3 is 2.35 bits per heavy atom. The van der Waals surface area contributed by atoms with E-state index in [9.17, 15) is 13.2 Å². The fourth-order valence-corrected chi connectivity index (χ4v) is 1.69. The standard InChI is InChI=1S/C13H10F3N/c1-9-7-10(11-3-2-6-17-8-11)4-5-12(9)13(14,15)16/h2-8H,1H3. The molecule has 2 aromatic rings. The van der Waals surface area contributed by atoms with Crippen molar-refractivity contribution >= 4 is 0 Å². The first-order chi connectivity index (χ1) is 7.98. The van der Waals surface area contributed by atoms with Gasteiger partial charge in [0.25, 0.3) is 0 Å². The van der Waals surface area contributed by atoms with Crippen molar-refractivity contribution in [2.24, 2.45) is 0 Å². The van der Waals surface area contributed by atoms with Gasteiger partial charge in [-0.05, 0) is 35.7 Å². The van der Waals surface area contributed by atoms with Crippen LogP contribution >= 0.6 is 0 Å². The molecular formula is C13H10F3N. The van der Waals surface area contributed by atoms with Crippen molar-refractivity contribution in [1.82, 2.24) is 4.98 Å². The Balaban J connectivity index is 2.45. The van der Waals surface area contributed by atoms with Crippen molar-refractivity contribution in [3.8, 4) is 11.1 Å². The summed E-state index contributed by atoms with van der Waals surface area (Å²) in [6.07, 6.45) is -1.04.